The molecular formula is C43H53N5O3. The number of carbonyl (C=O) groups excluding carboxylic acids is 3. The van der Waals surface area contributed by atoms with Crippen molar-refractivity contribution < 1.29 is 14.4 Å². The second-order valence-electron chi connectivity index (χ2n) is 14.7. The highest BCUT2D eigenvalue weighted by Gasteiger charge is 2.32. The minimum atomic E-state index is -0.0233. The first kappa shape index (κ1) is 36.1. The molecule has 1 aromatic heterocycles. The summed E-state index contributed by atoms with van der Waals surface area (Å²) in [6, 6.07) is 24.5. The van der Waals surface area contributed by atoms with Gasteiger partial charge in [-0.1, -0.05) is 67.9 Å². The van der Waals surface area contributed by atoms with Crippen LogP contribution in [0.15, 0.2) is 72.8 Å². The molecule has 0 saturated carbocycles. The van der Waals surface area contributed by atoms with Gasteiger partial charge in [-0.15, -0.1) is 0 Å². The predicted molar refractivity (Wildman–Crippen MR) is 204 cm³/mol. The van der Waals surface area contributed by atoms with Crippen molar-refractivity contribution in [2.24, 2.45) is 7.05 Å². The van der Waals surface area contributed by atoms with Crippen LogP contribution >= 0.6 is 0 Å². The van der Waals surface area contributed by atoms with Crippen LogP contribution in [0.5, 0.6) is 0 Å². The molecule has 0 N–H and O–H groups in total. The van der Waals surface area contributed by atoms with Gasteiger partial charge in [0.05, 0.1) is 12.0 Å². The summed E-state index contributed by atoms with van der Waals surface area (Å²) in [6.07, 6.45) is 3.82. The van der Waals surface area contributed by atoms with Crippen molar-refractivity contribution in [2.75, 3.05) is 40.3 Å². The van der Waals surface area contributed by atoms with Gasteiger partial charge in [-0.2, -0.15) is 0 Å². The van der Waals surface area contributed by atoms with Gasteiger partial charge in [0.1, 0.15) is 0 Å². The van der Waals surface area contributed by atoms with Crippen molar-refractivity contribution in [1.29, 1.82) is 0 Å². The maximum atomic E-state index is 14.8. The molecular weight excluding hydrogens is 635 g/mol. The fraction of sp³-hybridized carbons (Fsp3) is 0.419. The van der Waals surface area contributed by atoms with E-state index in [1.807, 2.05) is 91.3 Å². The lowest BCUT2D eigenvalue weighted by atomic mass is 9.89. The molecule has 268 valence electrons. The number of nitrogens with zero attached hydrogens (tertiary/aromatic N) is 5. The van der Waals surface area contributed by atoms with E-state index in [0.29, 0.717) is 56.7 Å². The minimum absolute atomic E-state index is 0.0233. The number of aromatic nitrogens is 1. The summed E-state index contributed by atoms with van der Waals surface area (Å²) in [5, 5.41) is 0. The highest BCUT2D eigenvalue weighted by molar-refractivity contribution is 6.03. The highest BCUT2D eigenvalue weighted by atomic mass is 16.2. The van der Waals surface area contributed by atoms with Crippen LogP contribution in [0.4, 0.5) is 0 Å². The molecule has 4 aromatic rings. The maximum absolute atomic E-state index is 14.8. The minimum Gasteiger partial charge on any atom is -0.347 e. The van der Waals surface area contributed by atoms with E-state index in [2.05, 4.69) is 47.6 Å². The van der Waals surface area contributed by atoms with Crippen molar-refractivity contribution in [1.82, 2.24) is 24.2 Å². The second kappa shape index (κ2) is 15.7. The molecule has 3 heterocycles. The van der Waals surface area contributed by atoms with Gasteiger partial charge in [0, 0.05) is 74.9 Å². The smallest absolute Gasteiger partial charge is 0.255 e. The second-order valence-corrected chi connectivity index (χ2v) is 14.7. The van der Waals surface area contributed by atoms with Gasteiger partial charge in [0.2, 0.25) is 5.91 Å². The van der Waals surface area contributed by atoms with Crippen LogP contribution in [0.2, 0.25) is 0 Å². The standard InChI is InChI=1S/C43H53N5O3/c1-7-8-19-46(22-21-44(4)5)42(50)37-27-40(45(6)31(37)3)38-25-34-18-20-47(41(49)24-32-14-10-9-11-15-32)28-36(34)26-39(38)43(51)48-29-35-17-13-12-16-33(35)23-30(48)2/h9-17,25-27,30H,7-8,18-24,28-29H2,1-6H3/t30-/m1/s1. The average Bonchev–Trinajstić information content (AvgIpc) is 3.43. The van der Waals surface area contributed by atoms with E-state index in [1.54, 1.807) is 0 Å². The van der Waals surface area contributed by atoms with Crippen LogP contribution in [0.3, 0.4) is 0 Å². The molecule has 0 saturated heterocycles. The lowest BCUT2D eigenvalue weighted by molar-refractivity contribution is -0.131. The Morgan fingerprint density at radius 3 is 2.27 bits per heavy atom. The summed E-state index contributed by atoms with van der Waals surface area (Å²) in [6.45, 7) is 10.1. The zero-order valence-corrected chi connectivity index (χ0v) is 31.2. The van der Waals surface area contributed by atoms with Gasteiger partial charge in [-0.25, -0.2) is 0 Å². The van der Waals surface area contributed by atoms with Crippen LogP contribution in [0.25, 0.3) is 11.3 Å². The number of fused-ring (bicyclic) bond motifs is 2. The number of hydrogen-bond acceptors (Lipinski definition) is 4. The monoisotopic (exact) mass is 687 g/mol. The molecule has 0 aliphatic carbocycles. The number of benzene rings is 3. The molecule has 2 aliphatic heterocycles. The number of unbranched alkanes of at least 4 members (excludes halogenated alkanes) is 1. The van der Waals surface area contributed by atoms with Gasteiger partial charge in [0.15, 0.2) is 0 Å². The summed E-state index contributed by atoms with van der Waals surface area (Å²) in [5.41, 5.74) is 9.49. The normalized spacial score (nSPS) is 15.5. The summed E-state index contributed by atoms with van der Waals surface area (Å²) in [5.74, 6) is 0.0994. The molecule has 2 aliphatic rings. The Kier molecular flexibility index (Phi) is 11.1. The molecule has 0 bridgehead atoms. The Hall–Kier alpha value is -4.69. The Morgan fingerprint density at radius 2 is 1.55 bits per heavy atom. The number of likely N-dealkylation sites (N-methyl/N-ethyl adjacent to an activating group) is 1. The van der Waals surface area contributed by atoms with E-state index in [0.717, 1.165) is 59.4 Å². The maximum Gasteiger partial charge on any atom is 0.255 e. The summed E-state index contributed by atoms with van der Waals surface area (Å²) < 4.78 is 2.07. The third kappa shape index (κ3) is 7.81. The molecule has 3 amide bonds. The van der Waals surface area contributed by atoms with Crippen molar-refractivity contribution in [2.45, 2.75) is 72.0 Å². The van der Waals surface area contributed by atoms with Crippen LogP contribution in [-0.2, 0) is 44.2 Å². The van der Waals surface area contributed by atoms with Crippen LogP contribution in [0.1, 0.15) is 80.9 Å². The van der Waals surface area contributed by atoms with Gasteiger partial charge in [0.25, 0.3) is 11.8 Å². The molecule has 51 heavy (non-hydrogen) atoms. The molecule has 3 aromatic carbocycles. The predicted octanol–water partition coefficient (Wildman–Crippen LogP) is 6.52. The van der Waals surface area contributed by atoms with Crippen molar-refractivity contribution >= 4 is 17.7 Å². The zero-order chi connectivity index (χ0) is 36.2. The van der Waals surface area contributed by atoms with E-state index in [1.165, 1.54) is 11.1 Å². The topological polar surface area (TPSA) is 69.1 Å². The van der Waals surface area contributed by atoms with E-state index >= 15 is 0 Å². The Balaban J connectivity index is 1.39. The quantitative estimate of drug-likeness (QED) is 0.180. The third-order valence-corrected chi connectivity index (χ3v) is 10.8. The fourth-order valence-electron chi connectivity index (χ4n) is 7.53. The molecule has 8 nitrogen and oxygen atoms in total. The van der Waals surface area contributed by atoms with E-state index in [4.69, 9.17) is 0 Å². The van der Waals surface area contributed by atoms with Crippen molar-refractivity contribution in [3.8, 4) is 11.3 Å². The number of amides is 3. The SMILES string of the molecule is CCCCN(CCN(C)C)C(=O)c1cc(-c2cc3c(cc2C(=O)N2Cc4ccccc4C[C@H]2C)CN(C(=O)Cc2ccccc2)CC3)n(C)c1C. The summed E-state index contributed by atoms with van der Waals surface area (Å²) in [4.78, 5) is 50.4. The van der Waals surface area contributed by atoms with Gasteiger partial charge in [-0.05, 0) is 93.2 Å². The lowest BCUT2D eigenvalue weighted by Gasteiger charge is -2.36. The largest absolute Gasteiger partial charge is 0.347 e. The Labute approximate surface area is 303 Å². The van der Waals surface area contributed by atoms with Gasteiger partial charge >= 0.3 is 0 Å². The van der Waals surface area contributed by atoms with Gasteiger partial charge < -0.3 is 24.2 Å². The lowest BCUT2D eigenvalue weighted by Crippen LogP contribution is -2.43. The van der Waals surface area contributed by atoms with Crippen molar-refractivity contribution in [3.05, 3.63) is 117 Å². The molecule has 6 rings (SSSR count). The van der Waals surface area contributed by atoms with E-state index in [9.17, 15) is 14.4 Å². The molecule has 0 unspecified atom stereocenters. The molecule has 0 fully saturated rings. The molecule has 8 heteroatoms. The fourth-order valence-corrected chi connectivity index (χ4v) is 7.53. The van der Waals surface area contributed by atoms with Crippen LogP contribution in [0, 0.1) is 6.92 Å². The first-order chi connectivity index (χ1) is 24.5. The first-order valence-electron chi connectivity index (χ1n) is 18.5. The summed E-state index contributed by atoms with van der Waals surface area (Å²) in [7, 11) is 6.06. The van der Waals surface area contributed by atoms with Crippen molar-refractivity contribution in [3.63, 3.8) is 0 Å². The third-order valence-electron chi connectivity index (χ3n) is 10.8. The molecule has 0 spiro atoms. The average molecular weight is 688 g/mol. The van der Waals surface area contributed by atoms with Gasteiger partial charge in [-0.3, -0.25) is 14.4 Å². The van der Waals surface area contributed by atoms with Crippen LogP contribution in [-0.4, -0.2) is 88.2 Å². The molecule has 1 atom stereocenters. The number of rotatable bonds is 11. The van der Waals surface area contributed by atoms with E-state index in [-0.39, 0.29) is 23.8 Å². The Morgan fingerprint density at radius 1 is 0.824 bits per heavy atom. The number of hydrogen-bond donors (Lipinski definition) is 0. The highest BCUT2D eigenvalue weighted by Crippen LogP contribution is 2.35. The first-order valence-corrected chi connectivity index (χ1v) is 18.5. The number of carbonyl (C=O) groups is 3. The summed E-state index contributed by atoms with van der Waals surface area (Å²) >= 11 is 0. The van der Waals surface area contributed by atoms with E-state index < -0.39 is 0 Å². The molecule has 0 radical (unpaired) electrons. The van der Waals surface area contributed by atoms with Crippen LogP contribution < -0.4 is 0 Å². The zero-order valence-electron chi connectivity index (χ0n) is 31.2. The Bertz CT molecular complexity index is 1890.